The summed E-state index contributed by atoms with van der Waals surface area (Å²) in [5.74, 6) is 0.763. The Morgan fingerprint density at radius 2 is 1.65 bits per heavy atom. The van der Waals surface area contributed by atoms with E-state index in [9.17, 15) is 4.79 Å². The summed E-state index contributed by atoms with van der Waals surface area (Å²) in [7, 11) is 0. The van der Waals surface area contributed by atoms with Crippen molar-refractivity contribution >= 4 is 5.91 Å². The van der Waals surface area contributed by atoms with Crippen LogP contribution in [0.25, 0.3) is 0 Å². The molecule has 0 aromatic heterocycles. The van der Waals surface area contributed by atoms with Crippen LogP contribution in [0.3, 0.4) is 0 Å². The van der Waals surface area contributed by atoms with Crippen molar-refractivity contribution in [2.75, 3.05) is 39.3 Å². The first-order valence-electron chi connectivity index (χ1n) is 6.93. The van der Waals surface area contributed by atoms with E-state index in [1.54, 1.807) is 0 Å². The number of carbonyl (C=O) groups is 1. The average Bonchev–Trinajstić information content (AvgIpc) is 2.83. The lowest BCUT2D eigenvalue weighted by molar-refractivity contribution is -0.138. The first-order chi connectivity index (χ1) is 8.20. The van der Waals surface area contributed by atoms with E-state index < -0.39 is 0 Å². The molecule has 4 nitrogen and oxygen atoms in total. The van der Waals surface area contributed by atoms with Crippen LogP contribution in [0.15, 0.2) is 0 Å². The molecule has 1 atom stereocenters. The summed E-state index contributed by atoms with van der Waals surface area (Å²) >= 11 is 0. The van der Waals surface area contributed by atoms with E-state index >= 15 is 0 Å². The molecule has 17 heavy (non-hydrogen) atoms. The third-order valence-corrected chi connectivity index (χ3v) is 3.85. The van der Waals surface area contributed by atoms with Crippen molar-refractivity contribution in [1.29, 1.82) is 0 Å². The molecule has 0 radical (unpaired) electrons. The minimum Gasteiger partial charge on any atom is -0.339 e. The number of carbonyl (C=O) groups excluding carboxylic acids is 1. The molecular weight excluding hydrogens is 214 g/mol. The van der Waals surface area contributed by atoms with Crippen molar-refractivity contribution in [2.45, 2.75) is 32.7 Å². The third-order valence-electron chi connectivity index (χ3n) is 3.85. The lowest BCUT2D eigenvalue weighted by Gasteiger charge is -2.36. The number of nitrogens with one attached hydrogen (secondary N) is 1. The second kappa shape index (κ2) is 5.83. The number of likely N-dealkylation sites (tertiary alicyclic amines) is 1. The molecule has 1 N–H and O–H groups in total. The molecular formula is C13H25N3O. The van der Waals surface area contributed by atoms with Crippen LogP contribution in [0.5, 0.6) is 0 Å². The maximum Gasteiger partial charge on any atom is 0.240 e. The summed E-state index contributed by atoms with van der Waals surface area (Å²) in [5.41, 5.74) is 0. The van der Waals surface area contributed by atoms with Crippen LogP contribution in [0, 0.1) is 5.92 Å². The van der Waals surface area contributed by atoms with E-state index in [4.69, 9.17) is 0 Å². The maximum atomic E-state index is 12.6. The first kappa shape index (κ1) is 12.8. The van der Waals surface area contributed by atoms with Crippen LogP contribution in [0.2, 0.25) is 0 Å². The van der Waals surface area contributed by atoms with Crippen LogP contribution < -0.4 is 5.32 Å². The highest BCUT2D eigenvalue weighted by Gasteiger charge is 2.33. The Kier molecular flexibility index (Phi) is 4.40. The van der Waals surface area contributed by atoms with Crippen molar-refractivity contribution in [2.24, 2.45) is 5.92 Å². The highest BCUT2D eigenvalue weighted by molar-refractivity contribution is 5.82. The molecule has 0 spiro atoms. The smallest absolute Gasteiger partial charge is 0.240 e. The standard InChI is InChI=1S/C13H25N3O/c1-11(2)12(15-7-3-4-8-15)13(17)16-9-5-14-6-10-16/h11-12,14H,3-10H2,1-2H3. The third kappa shape index (κ3) is 2.99. The average molecular weight is 239 g/mol. The Bertz CT molecular complexity index is 255. The molecule has 0 aliphatic carbocycles. The Labute approximate surface area is 104 Å². The van der Waals surface area contributed by atoms with Gasteiger partial charge in [0, 0.05) is 26.2 Å². The number of hydrogen-bond acceptors (Lipinski definition) is 3. The van der Waals surface area contributed by atoms with Gasteiger partial charge in [-0.2, -0.15) is 0 Å². The van der Waals surface area contributed by atoms with Gasteiger partial charge >= 0.3 is 0 Å². The van der Waals surface area contributed by atoms with Gasteiger partial charge in [0.1, 0.15) is 0 Å². The lowest BCUT2D eigenvalue weighted by Crippen LogP contribution is -2.55. The lowest BCUT2D eigenvalue weighted by atomic mass is 10.0. The molecule has 98 valence electrons. The van der Waals surface area contributed by atoms with Crippen LogP contribution in [-0.2, 0) is 4.79 Å². The highest BCUT2D eigenvalue weighted by atomic mass is 16.2. The van der Waals surface area contributed by atoms with Gasteiger partial charge in [0.05, 0.1) is 6.04 Å². The van der Waals surface area contributed by atoms with Crippen molar-refractivity contribution in [1.82, 2.24) is 15.1 Å². The molecule has 0 aromatic carbocycles. The molecule has 2 saturated heterocycles. The highest BCUT2D eigenvalue weighted by Crippen LogP contribution is 2.19. The van der Waals surface area contributed by atoms with Crippen LogP contribution in [0.1, 0.15) is 26.7 Å². The van der Waals surface area contributed by atoms with Gasteiger partial charge in [-0.1, -0.05) is 13.8 Å². The fourth-order valence-electron chi connectivity index (χ4n) is 2.96. The zero-order chi connectivity index (χ0) is 12.3. The Hall–Kier alpha value is -0.610. The zero-order valence-electron chi connectivity index (χ0n) is 11.1. The Morgan fingerprint density at radius 3 is 2.18 bits per heavy atom. The molecule has 2 heterocycles. The predicted molar refractivity (Wildman–Crippen MR) is 68.9 cm³/mol. The maximum absolute atomic E-state index is 12.6. The normalized spacial score (nSPS) is 24.3. The van der Waals surface area contributed by atoms with E-state index in [1.165, 1.54) is 12.8 Å². The van der Waals surface area contributed by atoms with Gasteiger partial charge in [0.15, 0.2) is 0 Å². The second-order valence-corrected chi connectivity index (χ2v) is 5.51. The van der Waals surface area contributed by atoms with Gasteiger partial charge < -0.3 is 10.2 Å². The number of rotatable bonds is 3. The summed E-state index contributed by atoms with van der Waals surface area (Å²) in [6.07, 6.45) is 2.50. The largest absolute Gasteiger partial charge is 0.339 e. The fourth-order valence-corrected chi connectivity index (χ4v) is 2.96. The molecule has 2 aliphatic heterocycles. The summed E-state index contributed by atoms with van der Waals surface area (Å²) in [6, 6.07) is 0.107. The molecule has 0 bridgehead atoms. The van der Waals surface area contributed by atoms with Gasteiger partial charge in [-0.25, -0.2) is 0 Å². The van der Waals surface area contributed by atoms with E-state index in [0.29, 0.717) is 11.8 Å². The monoisotopic (exact) mass is 239 g/mol. The molecule has 0 aromatic rings. The van der Waals surface area contributed by atoms with Crippen molar-refractivity contribution in [3.8, 4) is 0 Å². The first-order valence-corrected chi connectivity index (χ1v) is 6.93. The molecule has 0 saturated carbocycles. The van der Waals surface area contributed by atoms with Crippen molar-refractivity contribution < 1.29 is 4.79 Å². The minimum absolute atomic E-state index is 0.107. The molecule has 2 fully saturated rings. The fraction of sp³-hybridized carbons (Fsp3) is 0.923. The summed E-state index contributed by atoms with van der Waals surface area (Å²) in [6.45, 7) is 10.2. The summed E-state index contributed by atoms with van der Waals surface area (Å²) in [4.78, 5) is 17.0. The molecule has 2 aliphatic rings. The van der Waals surface area contributed by atoms with E-state index in [2.05, 4.69) is 24.1 Å². The number of amides is 1. The van der Waals surface area contributed by atoms with Crippen molar-refractivity contribution in [3.05, 3.63) is 0 Å². The number of piperazine rings is 1. The van der Waals surface area contributed by atoms with Crippen LogP contribution >= 0.6 is 0 Å². The van der Waals surface area contributed by atoms with E-state index in [-0.39, 0.29) is 6.04 Å². The molecule has 4 heteroatoms. The van der Waals surface area contributed by atoms with E-state index in [0.717, 1.165) is 39.3 Å². The molecule has 1 unspecified atom stereocenters. The van der Waals surface area contributed by atoms with Crippen molar-refractivity contribution in [3.63, 3.8) is 0 Å². The predicted octanol–water partition coefficient (Wildman–Crippen LogP) is 0.539. The SMILES string of the molecule is CC(C)C(C(=O)N1CCNCC1)N1CCCC1. The minimum atomic E-state index is 0.107. The van der Waals surface area contributed by atoms with E-state index in [1.807, 2.05) is 4.90 Å². The number of hydrogen-bond donors (Lipinski definition) is 1. The molecule has 2 rings (SSSR count). The Morgan fingerprint density at radius 1 is 1.06 bits per heavy atom. The summed E-state index contributed by atoms with van der Waals surface area (Å²) in [5, 5.41) is 3.30. The van der Waals surface area contributed by atoms with Gasteiger partial charge in [-0.15, -0.1) is 0 Å². The topological polar surface area (TPSA) is 35.6 Å². The second-order valence-electron chi connectivity index (χ2n) is 5.51. The van der Waals surface area contributed by atoms with Gasteiger partial charge in [0.25, 0.3) is 0 Å². The van der Waals surface area contributed by atoms with Gasteiger partial charge in [-0.3, -0.25) is 9.69 Å². The Balaban J connectivity index is 2.01. The van der Waals surface area contributed by atoms with Gasteiger partial charge in [0.2, 0.25) is 5.91 Å². The number of nitrogens with zero attached hydrogens (tertiary/aromatic N) is 2. The molecule has 1 amide bonds. The van der Waals surface area contributed by atoms with Crippen LogP contribution in [-0.4, -0.2) is 61.0 Å². The summed E-state index contributed by atoms with van der Waals surface area (Å²) < 4.78 is 0. The van der Waals surface area contributed by atoms with Crippen LogP contribution in [0.4, 0.5) is 0 Å². The quantitative estimate of drug-likeness (QED) is 0.781. The zero-order valence-corrected chi connectivity index (χ0v) is 11.1. The van der Waals surface area contributed by atoms with Gasteiger partial charge in [-0.05, 0) is 31.8 Å².